The number of carboxylic acids is 2. The van der Waals surface area contributed by atoms with Crippen molar-refractivity contribution in [1.82, 2.24) is 47.9 Å². The normalized spacial score (nSPS) is 13.9. The van der Waals surface area contributed by atoms with Gasteiger partial charge in [0.15, 0.2) is 17.9 Å². The number of hydrogen-bond acceptors (Lipinski definition) is 18. The Balaban J connectivity index is 3.50. The molecule has 9 atom stereocenters. The zero-order valence-electron chi connectivity index (χ0n) is 50.3. The van der Waals surface area contributed by atoms with Crippen LogP contribution in [0.25, 0.3) is 0 Å². The van der Waals surface area contributed by atoms with Gasteiger partial charge in [-0.15, -0.1) is 0 Å². The maximum atomic E-state index is 14.3. The van der Waals surface area contributed by atoms with Gasteiger partial charge in [0.05, 0.1) is 25.6 Å². The minimum absolute atomic E-state index is 0.00287. The molecule has 36 nitrogen and oxygen atoms in total. The summed E-state index contributed by atoms with van der Waals surface area (Å²) in [5.74, 6) is -14.5. The number of phenolic OH excluding ortho intramolecular Hbond substituents is 1. The Morgan fingerprint density at radius 3 is 1.28 bits per heavy atom. The highest BCUT2D eigenvalue weighted by Gasteiger charge is 2.36. The van der Waals surface area contributed by atoms with Crippen LogP contribution in [0.3, 0.4) is 0 Å². The third-order valence-electron chi connectivity index (χ3n) is 12.7. The first kappa shape index (κ1) is 77.4. The number of carbonyl (C=O) groups is 12. The number of carbonyl (C=O) groups excluding carboxylic acids is 10. The zero-order valence-corrected chi connectivity index (χ0v) is 50.3. The van der Waals surface area contributed by atoms with E-state index in [1.165, 1.54) is 24.3 Å². The second-order valence-corrected chi connectivity index (χ2v) is 21.5. The predicted molar refractivity (Wildman–Crippen MR) is 322 cm³/mol. The van der Waals surface area contributed by atoms with Gasteiger partial charge < -0.3 is 114 Å². The molecule has 10 amide bonds. The van der Waals surface area contributed by atoms with Crippen LogP contribution in [0.2, 0.25) is 0 Å². The molecular weight excluding hydrogens is 1170 g/mol. The smallest absolute Gasteiger partial charge is 0.326 e. The van der Waals surface area contributed by atoms with E-state index in [0.717, 1.165) is 0 Å². The Labute approximate surface area is 513 Å². The van der Waals surface area contributed by atoms with Gasteiger partial charge >= 0.3 is 11.9 Å². The van der Waals surface area contributed by atoms with Crippen molar-refractivity contribution in [3.05, 3.63) is 29.8 Å². The van der Waals surface area contributed by atoms with E-state index in [4.69, 9.17) is 45.9 Å². The van der Waals surface area contributed by atoms with Gasteiger partial charge in [-0.25, -0.2) is 4.79 Å². The number of nitrogens with zero attached hydrogens (tertiary/aromatic N) is 3. The Bertz CT molecular complexity index is 2650. The number of aliphatic carboxylic acids is 2. The van der Waals surface area contributed by atoms with Crippen molar-refractivity contribution < 1.29 is 78.0 Å². The fourth-order valence-electron chi connectivity index (χ4n) is 8.26. The summed E-state index contributed by atoms with van der Waals surface area (Å²) in [5, 5.41) is 60.6. The van der Waals surface area contributed by atoms with Crippen LogP contribution in [0.5, 0.6) is 5.75 Å². The van der Waals surface area contributed by atoms with Gasteiger partial charge in [-0.05, 0) is 87.3 Å². The van der Waals surface area contributed by atoms with E-state index in [0.29, 0.717) is 5.56 Å². The molecule has 0 heterocycles. The van der Waals surface area contributed by atoms with Crippen LogP contribution in [0.4, 0.5) is 0 Å². The number of benzene rings is 1. The number of primary amides is 1. The average Bonchev–Trinajstić information content (AvgIpc) is 3.26. The summed E-state index contributed by atoms with van der Waals surface area (Å²) in [6.07, 6.45) is -2.39. The quantitative estimate of drug-likeness (QED) is 0.0164. The van der Waals surface area contributed by atoms with Crippen molar-refractivity contribution in [2.24, 2.45) is 72.7 Å². The molecular formula is C53H90N20O16. The molecule has 0 aliphatic carbocycles. The van der Waals surface area contributed by atoms with Crippen LogP contribution in [0, 0.1) is 11.8 Å². The van der Waals surface area contributed by atoms with Crippen molar-refractivity contribution in [3.63, 3.8) is 0 Å². The van der Waals surface area contributed by atoms with Crippen LogP contribution < -0.4 is 93.7 Å². The van der Waals surface area contributed by atoms with Crippen molar-refractivity contribution in [2.45, 2.75) is 159 Å². The summed E-state index contributed by atoms with van der Waals surface area (Å²) < 4.78 is 0. The Kier molecular flexibility index (Phi) is 35.4. The number of hydrogen-bond donors (Lipinski definition) is 21. The Morgan fingerprint density at radius 1 is 0.472 bits per heavy atom. The van der Waals surface area contributed by atoms with Gasteiger partial charge in [-0.1, -0.05) is 39.8 Å². The summed E-state index contributed by atoms with van der Waals surface area (Å²) in [6, 6.07) is -8.32. The lowest BCUT2D eigenvalue weighted by Gasteiger charge is -2.28. The van der Waals surface area contributed by atoms with Crippen LogP contribution in [0.1, 0.15) is 104 Å². The van der Waals surface area contributed by atoms with Crippen molar-refractivity contribution in [2.75, 3.05) is 32.8 Å². The number of nitrogens with two attached hydrogens (primary N) is 8. The SMILES string of the molecule is CC(C)CC(NC(=O)C(CC(N)=O)NC(=O)C(CCCN=C(N)N)NC(=O)C(CC(C)C)NC(=O)C(CO)NC(=O)C(CCC(=O)O)NC(=O)C(N)CCCN=C(N)N)C(=O)NC(CCCN=C(N)N)C(=O)NCC(=O)NC(Cc1ccc(O)cc1)C(=O)O. The lowest BCUT2D eigenvalue weighted by Crippen LogP contribution is -2.61. The molecule has 29 N–H and O–H groups in total. The topological polar surface area (TPSA) is 639 Å². The van der Waals surface area contributed by atoms with Crippen molar-refractivity contribution in [1.29, 1.82) is 0 Å². The summed E-state index contributed by atoms with van der Waals surface area (Å²) in [7, 11) is 0. The lowest BCUT2D eigenvalue weighted by atomic mass is 10.0. The van der Waals surface area contributed by atoms with Gasteiger partial charge in [-0.3, -0.25) is 67.7 Å². The summed E-state index contributed by atoms with van der Waals surface area (Å²) in [6.45, 7) is 4.92. The molecule has 1 rings (SSSR count). The molecule has 0 spiro atoms. The molecule has 0 aromatic heterocycles. The molecule has 0 fully saturated rings. The number of aromatic hydroxyl groups is 1. The van der Waals surface area contributed by atoms with Crippen LogP contribution in [-0.4, -0.2) is 196 Å². The van der Waals surface area contributed by atoms with Gasteiger partial charge in [0.25, 0.3) is 0 Å². The van der Waals surface area contributed by atoms with Crippen LogP contribution in [-0.2, 0) is 64.0 Å². The molecule has 0 saturated carbocycles. The van der Waals surface area contributed by atoms with E-state index in [9.17, 15) is 78.0 Å². The number of phenols is 1. The minimum Gasteiger partial charge on any atom is -0.508 e. The third-order valence-corrected chi connectivity index (χ3v) is 12.7. The van der Waals surface area contributed by atoms with Gasteiger partial charge in [-0.2, -0.15) is 0 Å². The molecule has 89 heavy (non-hydrogen) atoms. The molecule has 0 radical (unpaired) electrons. The number of aliphatic hydroxyl groups is 1. The lowest BCUT2D eigenvalue weighted by molar-refractivity contribution is -0.141. The number of nitrogens with one attached hydrogen (secondary N) is 9. The summed E-state index contributed by atoms with van der Waals surface area (Å²) in [5.41, 5.74) is 44.5. The van der Waals surface area contributed by atoms with E-state index < -0.39 is 158 Å². The fraction of sp³-hybridized carbons (Fsp3) is 0.604. The number of carboxylic acid groups (broad SMARTS) is 2. The molecule has 498 valence electrons. The number of guanidine groups is 3. The van der Waals surface area contributed by atoms with Crippen LogP contribution >= 0.6 is 0 Å². The third kappa shape index (κ3) is 33.2. The molecule has 0 aliphatic rings. The minimum atomic E-state index is -1.84. The number of aliphatic hydroxyl groups excluding tert-OH is 1. The number of aliphatic imine (C=N–C) groups is 3. The second kappa shape index (κ2) is 40.7. The molecule has 1 aromatic rings. The molecule has 0 aliphatic heterocycles. The van der Waals surface area contributed by atoms with Gasteiger partial charge in [0.1, 0.15) is 54.1 Å². The molecule has 0 saturated heterocycles. The van der Waals surface area contributed by atoms with E-state index in [1.54, 1.807) is 27.7 Å². The molecule has 36 heteroatoms. The number of rotatable bonds is 43. The first-order chi connectivity index (χ1) is 41.7. The van der Waals surface area contributed by atoms with Crippen molar-refractivity contribution >= 4 is 88.9 Å². The highest BCUT2D eigenvalue weighted by molar-refractivity contribution is 5.99. The average molecular weight is 1260 g/mol. The first-order valence-corrected chi connectivity index (χ1v) is 28.5. The zero-order chi connectivity index (χ0) is 67.5. The maximum Gasteiger partial charge on any atom is 0.326 e. The standard InChI is InChI=1S/C53H90N20O16/c1-26(2)20-34(46(84)68-31(9-6-18-63-52(58)59)43(81)65-24-40(77)66-37(50(88)89)22-28-11-13-29(75)14-12-28)70-48(86)36(23-39(55)76)72-44(82)32(10-7-19-64-53(60)61)69-47(85)35(21-27(3)4)71-49(87)38(25-74)73-45(83)33(15-16-41(78)79)67-42(80)30(54)8-5-17-62-51(56)57/h11-14,26-27,30-38,74-75H,5-10,15-25,54H2,1-4H3,(H2,55,76)(H,65,81)(H,66,77)(H,67,80)(H,68,84)(H,69,85)(H,70,86)(H,71,87)(H,72,82)(H,73,83)(H,78,79)(H,88,89)(H4,56,57,62)(H4,58,59,63)(H4,60,61,64). The molecule has 1 aromatic carbocycles. The highest BCUT2D eigenvalue weighted by Crippen LogP contribution is 2.14. The van der Waals surface area contributed by atoms with Crippen LogP contribution in [0.15, 0.2) is 39.2 Å². The monoisotopic (exact) mass is 1260 g/mol. The fourth-order valence-corrected chi connectivity index (χ4v) is 8.26. The van der Waals surface area contributed by atoms with E-state index in [-0.39, 0.29) is 113 Å². The second-order valence-electron chi connectivity index (χ2n) is 21.5. The summed E-state index contributed by atoms with van der Waals surface area (Å²) in [4.78, 5) is 171. The van der Waals surface area contributed by atoms with Crippen molar-refractivity contribution in [3.8, 4) is 5.75 Å². The van der Waals surface area contributed by atoms with Gasteiger partial charge in [0, 0.05) is 32.5 Å². The highest BCUT2D eigenvalue weighted by atomic mass is 16.4. The molecule has 0 bridgehead atoms. The van der Waals surface area contributed by atoms with E-state index in [1.807, 2.05) is 0 Å². The first-order valence-electron chi connectivity index (χ1n) is 28.5. The Hall–Kier alpha value is -9.61. The van der Waals surface area contributed by atoms with E-state index in [2.05, 4.69) is 62.8 Å². The largest absolute Gasteiger partial charge is 0.508 e. The predicted octanol–water partition coefficient (Wildman–Crippen LogP) is -7.67. The van der Waals surface area contributed by atoms with E-state index >= 15 is 0 Å². The molecule has 9 unspecified atom stereocenters. The number of amides is 10. The summed E-state index contributed by atoms with van der Waals surface area (Å²) >= 11 is 0. The van der Waals surface area contributed by atoms with Gasteiger partial charge in [0.2, 0.25) is 59.1 Å². The maximum absolute atomic E-state index is 14.3. The Morgan fingerprint density at radius 2 is 0.854 bits per heavy atom.